The zero-order valence-electron chi connectivity index (χ0n) is 9.82. The number of benzene rings is 1. The molecule has 0 atom stereocenters. The van der Waals surface area contributed by atoms with Gasteiger partial charge in [0.15, 0.2) is 6.61 Å². The van der Waals surface area contributed by atoms with Crippen molar-refractivity contribution in [3.63, 3.8) is 0 Å². The van der Waals surface area contributed by atoms with Crippen molar-refractivity contribution >= 4 is 22.7 Å². The van der Waals surface area contributed by atoms with Crippen LogP contribution < -0.4 is 0 Å². The van der Waals surface area contributed by atoms with E-state index in [0.717, 1.165) is 5.52 Å². The van der Waals surface area contributed by atoms with Gasteiger partial charge in [0.25, 0.3) is 5.78 Å². The highest BCUT2D eigenvalue weighted by atomic mass is 16.5. The second kappa shape index (κ2) is 4.76. The number of hydrogen-bond acceptors (Lipinski definition) is 3. The molecule has 0 spiro atoms. The maximum Gasteiger partial charge on any atom is 0.380 e. The van der Waals surface area contributed by atoms with E-state index in [2.05, 4.69) is 15.6 Å². The summed E-state index contributed by atoms with van der Waals surface area (Å²) < 4.78 is 4.64. The van der Waals surface area contributed by atoms with Gasteiger partial charge in [0, 0.05) is 16.6 Å². The number of rotatable bonds is 3. The molecule has 18 heavy (non-hydrogen) atoms. The molecule has 0 saturated carbocycles. The number of hydrogen-bond donors (Lipinski definition) is 1. The SMILES string of the molecule is C#CCOC(=O)C(=O)c1c(C)[nH]c2ccccc12. The predicted molar refractivity (Wildman–Crippen MR) is 67.2 cm³/mol. The molecular weight excluding hydrogens is 230 g/mol. The Morgan fingerprint density at radius 1 is 1.39 bits per heavy atom. The first-order valence-corrected chi connectivity index (χ1v) is 5.37. The van der Waals surface area contributed by atoms with Gasteiger partial charge >= 0.3 is 5.97 Å². The highest BCUT2D eigenvalue weighted by Crippen LogP contribution is 2.22. The van der Waals surface area contributed by atoms with Crippen molar-refractivity contribution in [2.24, 2.45) is 0 Å². The van der Waals surface area contributed by atoms with Crippen molar-refractivity contribution in [1.29, 1.82) is 0 Å². The fourth-order valence-electron chi connectivity index (χ4n) is 1.84. The number of carbonyl (C=O) groups excluding carboxylic acids is 2. The van der Waals surface area contributed by atoms with E-state index in [9.17, 15) is 9.59 Å². The topological polar surface area (TPSA) is 59.2 Å². The Labute approximate surface area is 104 Å². The minimum atomic E-state index is -0.930. The molecule has 1 aromatic heterocycles. The van der Waals surface area contributed by atoms with Gasteiger partial charge in [-0.1, -0.05) is 24.1 Å². The molecule has 90 valence electrons. The first-order valence-electron chi connectivity index (χ1n) is 5.37. The lowest BCUT2D eigenvalue weighted by Gasteiger charge is -2.00. The molecule has 0 radical (unpaired) electrons. The second-order valence-corrected chi connectivity index (χ2v) is 3.78. The Hall–Kier alpha value is -2.54. The normalized spacial score (nSPS) is 10.0. The van der Waals surface area contributed by atoms with Crippen LogP contribution in [0.5, 0.6) is 0 Å². The Morgan fingerprint density at radius 2 is 2.11 bits per heavy atom. The largest absolute Gasteiger partial charge is 0.447 e. The molecule has 0 saturated heterocycles. The standard InChI is InChI=1S/C14H11NO3/c1-3-8-18-14(17)13(16)12-9(2)15-11-7-5-4-6-10(11)12/h1,4-7,15H,8H2,2H3. The van der Waals surface area contributed by atoms with Crippen LogP contribution in [0.1, 0.15) is 16.1 Å². The Kier molecular flexibility index (Phi) is 3.16. The van der Waals surface area contributed by atoms with Gasteiger partial charge in [-0.05, 0) is 13.0 Å². The highest BCUT2D eigenvalue weighted by molar-refractivity contribution is 6.43. The molecule has 2 aromatic rings. The number of Topliss-reactive ketones (excluding diaryl/α,β-unsaturated/α-hetero) is 1. The molecule has 1 aromatic carbocycles. The van der Waals surface area contributed by atoms with Gasteiger partial charge in [0.05, 0.1) is 5.56 Å². The number of nitrogens with one attached hydrogen (secondary N) is 1. The summed E-state index contributed by atoms with van der Waals surface area (Å²) in [6.07, 6.45) is 4.97. The summed E-state index contributed by atoms with van der Waals surface area (Å²) in [6.45, 7) is 1.54. The third kappa shape index (κ3) is 1.98. The summed E-state index contributed by atoms with van der Waals surface area (Å²) in [7, 11) is 0. The van der Waals surface area contributed by atoms with Crippen molar-refractivity contribution in [3.8, 4) is 12.3 Å². The zero-order chi connectivity index (χ0) is 13.1. The lowest BCUT2D eigenvalue weighted by atomic mass is 10.1. The van der Waals surface area contributed by atoms with Crippen LogP contribution in [0.3, 0.4) is 0 Å². The van der Waals surface area contributed by atoms with Crippen LogP contribution in [-0.4, -0.2) is 23.3 Å². The molecule has 4 nitrogen and oxygen atoms in total. The smallest absolute Gasteiger partial charge is 0.380 e. The molecular formula is C14H11NO3. The number of esters is 1. The Balaban J connectivity index is 2.42. The minimum absolute atomic E-state index is 0.202. The quantitative estimate of drug-likeness (QED) is 0.386. The number of aryl methyl sites for hydroxylation is 1. The number of ether oxygens (including phenoxy) is 1. The fraction of sp³-hybridized carbons (Fsp3) is 0.143. The summed E-state index contributed by atoms with van der Waals surface area (Å²) in [5, 5.41) is 0.706. The molecule has 0 fully saturated rings. The van der Waals surface area contributed by atoms with Crippen LogP contribution in [0, 0.1) is 19.3 Å². The van der Waals surface area contributed by atoms with E-state index < -0.39 is 11.8 Å². The van der Waals surface area contributed by atoms with Crippen molar-refractivity contribution < 1.29 is 14.3 Å². The summed E-state index contributed by atoms with van der Waals surface area (Å²) in [5.41, 5.74) is 1.79. The molecule has 0 aliphatic heterocycles. The number of terminal acetylenes is 1. The monoisotopic (exact) mass is 241 g/mol. The summed E-state index contributed by atoms with van der Waals surface area (Å²) in [6, 6.07) is 7.27. The van der Waals surface area contributed by atoms with E-state index in [4.69, 9.17) is 6.42 Å². The summed E-state index contributed by atoms with van der Waals surface area (Å²) in [5.74, 6) is 0.537. The van der Waals surface area contributed by atoms with Gasteiger partial charge in [0.2, 0.25) is 0 Å². The molecule has 0 aliphatic rings. The first-order chi connectivity index (χ1) is 8.65. The van der Waals surface area contributed by atoms with E-state index in [-0.39, 0.29) is 6.61 Å². The van der Waals surface area contributed by atoms with Crippen molar-refractivity contribution in [2.75, 3.05) is 6.61 Å². The average Bonchev–Trinajstić information content (AvgIpc) is 2.70. The molecule has 1 N–H and O–H groups in total. The average molecular weight is 241 g/mol. The third-order valence-electron chi connectivity index (χ3n) is 2.59. The number of fused-ring (bicyclic) bond motifs is 1. The lowest BCUT2D eigenvalue weighted by Crippen LogP contribution is -2.18. The number of para-hydroxylation sites is 1. The maximum absolute atomic E-state index is 12.0. The molecule has 0 aliphatic carbocycles. The van der Waals surface area contributed by atoms with Crippen LogP contribution in [0.4, 0.5) is 0 Å². The summed E-state index contributed by atoms with van der Waals surface area (Å²) in [4.78, 5) is 26.5. The van der Waals surface area contributed by atoms with Crippen LogP contribution >= 0.6 is 0 Å². The van der Waals surface area contributed by atoms with Gasteiger partial charge in [-0.25, -0.2) is 4.79 Å². The van der Waals surface area contributed by atoms with Crippen molar-refractivity contribution in [1.82, 2.24) is 4.98 Å². The molecule has 0 unspecified atom stereocenters. The van der Waals surface area contributed by atoms with E-state index >= 15 is 0 Å². The molecule has 0 amide bonds. The molecule has 1 heterocycles. The van der Waals surface area contributed by atoms with Gasteiger partial charge in [-0.3, -0.25) is 4.79 Å². The first kappa shape index (κ1) is 11.9. The number of H-pyrrole nitrogens is 1. The minimum Gasteiger partial charge on any atom is -0.447 e. The van der Waals surface area contributed by atoms with E-state index in [1.54, 1.807) is 19.1 Å². The van der Waals surface area contributed by atoms with E-state index in [1.807, 2.05) is 12.1 Å². The highest BCUT2D eigenvalue weighted by Gasteiger charge is 2.23. The number of carbonyl (C=O) groups is 2. The Morgan fingerprint density at radius 3 is 2.83 bits per heavy atom. The van der Waals surface area contributed by atoms with Crippen molar-refractivity contribution in [3.05, 3.63) is 35.5 Å². The third-order valence-corrected chi connectivity index (χ3v) is 2.59. The number of ketones is 1. The van der Waals surface area contributed by atoms with Gasteiger partial charge in [0.1, 0.15) is 0 Å². The number of aromatic amines is 1. The van der Waals surface area contributed by atoms with Crippen molar-refractivity contribution in [2.45, 2.75) is 6.92 Å². The maximum atomic E-state index is 12.0. The zero-order valence-corrected chi connectivity index (χ0v) is 9.82. The van der Waals surface area contributed by atoms with Crippen LogP contribution in [0.2, 0.25) is 0 Å². The van der Waals surface area contributed by atoms with Gasteiger partial charge in [-0.15, -0.1) is 6.42 Å². The van der Waals surface area contributed by atoms with Gasteiger partial charge < -0.3 is 9.72 Å². The van der Waals surface area contributed by atoms with Crippen LogP contribution in [-0.2, 0) is 9.53 Å². The molecule has 2 rings (SSSR count). The molecule has 4 heteroatoms. The second-order valence-electron chi connectivity index (χ2n) is 3.78. The van der Waals surface area contributed by atoms with Crippen LogP contribution in [0.15, 0.2) is 24.3 Å². The Bertz CT molecular complexity index is 661. The van der Waals surface area contributed by atoms with E-state index in [0.29, 0.717) is 16.6 Å². The molecule has 0 bridgehead atoms. The van der Waals surface area contributed by atoms with E-state index in [1.165, 1.54) is 0 Å². The lowest BCUT2D eigenvalue weighted by molar-refractivity contribution is -0.136. The number of aromatic nitrogens is 1. The predicted octanol–water partition coefficient (Wildman–Crippen LogP) is 1.84. The fourth-order valence-corrected chi connectivity index (χ4v) is 1.84. The summed E-state index contributed by atoms with van der Waals surface area (Å²) >= 11 is 0. The van der Waals surface area contributed by atoms with Gasteiger partial charge in [-0.2, -0.15) is 0 Å². The van der Waals surface area contributed by atoms with Crippen LogP contribution in [0.25, 0.3) is 10.9 Å².